The zero-order valence-electron chi connectivity index (χ0n) is 9.15. The van der Waals surface area contributed by atoms with Crippen molar-refractivity contribution in [2.45, 2.75) is 25.3 Å². The molecule has 0 aliphatic rings. The van der Waals surface area contributed by atoms with Crippen molar-refractivity contribution in [2.75, 3.05) is 27.2 Å². The summed E-state index contributed by atoms with van der Waals surface area (Å²) in [6.45, 7) is 9.65. The lowest BCUT2D eigenvalue weighted by Gasteiger charge is -2.29. The number of hydrogen-bond acceptors (Lipinski definition) is 2. The van der Waals surface area contributed by atoms with Crippen LogP contribution >= 0.6 is 11.6 Å². The molecule has 2 nitrogen and oxygen atoms in total. The highest BCUT2D eigenvalue weighted by atomic mass is 35.5. The molecule has 78 valence electrons. The van der Waals surface area contributed by atoms with Gasteiger partial charge in [0.25, 0.3) is 0 Å². The van der Waals surface area contributed by atoms with Crippen LogP contribution in [0.2, 0.25) is 0 Å². The van der Waals surface area contributed by atoms with Crippen LogP contribution in [0.1, 0.15) is 20.3 Å². The smallest absolute Gasteiger partial charge is 0.0939 e. The summed E-state index contributed by atoms with van der Waals surface area (Å²) in [6, 6.07) is 0. The van der Waals surface area contributed by atoms with E-state index >= 15 is 0 Å². The van der Waals surface area contributed by atoms with Gasteiger partial charge in [-0.1, -0.05) is 12.2 Å². The van der Waals surface area contributed by atoms with Crippen molar-refractivity contribution in [2.24, 2.45) is 0 Å². The lowest BCUT2D eigenvalue weighted by atomic mass is 10.2. The molecule has 0 heterocycles. The minimum absolute atomic E-state index is 0.248. The summed E-state index contributed by atoms with van der Waals surface area (Å²) in [5, 5.41) is 3.29. The molecule has 0 saturated carbocycles. The van der Waals surface area contributed by atoms with E-state index in [-0.39, 0.29) is 5.00 Å². The Hall–Kier alpha value is -0.0500. The van der Waals surface area contributed by atoms with Crippen molar-refractivity contribution in [1.29, 1.82) is 0 Å². The van der Waals surface area contributed by atoms with Gasteiger partial charge in [0.2, 0.25) is 0 Å². The minimum Gasteiger partial charge on any atom is -0.313 e. The maximum absolute atomic E-state index is 6.25. The highest BCUT2D eigenvalue weighted by Crippen LogP contribution is 2.20. The van der Waals surface area contributed by atoms with E-state index in [0.717, 1.165) is 25.1 Å². The fourth-order valence-corrected chi connectivity index (χ4v) is 0.936. The Morgan fingerprint density at radius 3 is 2.46 bits per heavy atom. The van der Waals surface area contributed by atoms with Crippen molar-refractivity contribution in [3.63, 3.8) is 0 Å². The van der Waals surface area contributed by atoms with Gasteiger partial charge in [-0.05, 0) is 40.9 Å². The number of halogens is 1. The van der Waals surface area contributed by atoms with Crippen LogP contribution in [0.15, 0.2) is 12.2 Å². The quantitative estimate of drug-likeness (QED) is 0.309. The van der Waals surface area contributed by atoms with Crippen LogP contribution < -0.4 is 5.32 Å². The van der Waals surface area contributed by atoms with Crippen LogP contribution in [0.25, 0.3) is 0 Å². The Kier molecular flexibility index (Phi) is 5.61. The van der Waals surface area contributed by atoms with Gasteiger partial charge < -0.3 is 5.32 Å². The first-order valence-electron chi connectivity index (χ1n) is 4.57. The SMILES string of the molecule is C=C(C)CNCCC(C)(Cl)N(C)C. The summed E-state index contributed by atoms with van der Waals surface area (Å²) < 4.78 is 0. The average molecular weight is 205 g/mol. The van der Waals surface area contributed by atoms with Gasteiger partial charge in [0.05, 0.1) is 5.00 Å². The highest BCUT2D eigenvalue weighted by molar-refractivity contribution is 6.23. The number of nitrogens with one attached hydrogen (secondary N) is 1. The van der Waals surface area contributed by atoms with Crippen LogP contribution in [0.5, 0.6) is 0 Å². The second-order valence-corrected chi connectivity index (χ2v) is 4.73. The van der Waals surface area contributed by atoms with E-state index in [1.807, 2.05) is 32.8 Å². The lowest BCUT2D eigenvalue weighted by Crippen LogP contribution is -2.38. The fourth-order valence-electron chi connectivity index (χ4n) is 0.842. The summed E-state index contributed by atoms with van der Waals surface area (Å²) in [4.78, 5) is 1.78. The van der Waals surface area contributed by atoms with Crippen LogP contribution in [0.3, 0.4) is 0 Å². The van der Waals surface area contributed by atoms with Gasteiger partial charge in [-0.2, -0.15) is 0 Å². The van der Waals surface area contributed by atoms with Gasteiger partial charge >= 0.3 is 0 Å². The molecule has 1 atom stereocenters. The van der Waals surface area contributed by atoms with E-state index in [4.69, 9.17) is 11.6 Å². The molecular formula is C10H21ClN2. The summed E-state index contributed by atoms with van der Waals surface area (Å²) in [5.41, 5.74) is 1.15. The van der Waals surface area contributed by atoms with E-state index in [2.05, 4.69) is 11.9 Å². The summed E-state index contributed by atoms with van der Waals surface area (Å²) >= 11 is 6.25. The number of hydrogen-bond donors (Lipinski definition) is 1. The van der Waals surface area contributed by atoms with Crippen LogP contribution in [-0.2, 0) is 0 Å². The van der Waals surface area contributed by atoms with E-state index in [9.17, 15) is 0 Å². The lowest BCUT2D eigenvalue weighted by molar-refractivity contribution is 0.252. The molecule has 3 heteroatoms. The molecule has 0 aromatic rings. The number of alkyl halides is 1. The predicted octanol–water partition coefficient (Wildman–Crippen LogP) is 2.06. The largest absolute Gasteiger partial charge is 0.313 e. The topological polar surface area (TPSA) is 15.3 Å². The molecule has 0 fully saturated rings. The van der Waals surface area contributed by atoms with Crippen molar-refractivity contribution < 1.29 is 0 Å². The second-order valence-electron chi connectivity index (χ2n) is 3.92. The standard InChI is InChI=1S/C10H21ClN2/c1-9(2)8-12-7-6-10(3,11)13(4)5/h12H,1,6-8H2,2-5H3. The van der Waals surface area contributed by atoms with Crippen molar-refractivity contribution >= 4 is 11.6 Å². The Morgan fingerprint density at radius 1 is 1.54 bits per heavy atom. The first kappa shape index (κ1) is 12.9. The zero-order valence-corrected chi connectivity index (χ0v) is 9.91. The molecule has 0 amide bonds. The number of nitrogens with zero attached hydrogens (tertiary/aromatic N) is 1. The molecule has 1 unspecified atom stereocenters. The Labute approximate surface area is 86.9 Å². The molecule has 0 aliphatic carbocycles. The summed E-state index contributed by atoms with van der Waals surface area (Å²) in [5.74, 6) is 0. The van der Waals surface area contributed by atoms with Crippen molar-refractivity contribution in [1.82, 2.24) is 10.2 Å². The molecule has 0 spiro atoms. The maximum atomic E-state index is 6.25. The third-order valence-electron chi connectivity index (χ3n) is 2.12. The second kappa shape index (κ2) is 5.63. The van der Waals surface area contributed by atoms with Crippen LogP contribution in [0, 0.1) is 0 Å². The third kappa shape index (κ3) is 6.08. The first-order valence-corrected chi connectivity index (χ1v) is 4.95. The van der Waals surface area contributed by atoms with Crippen molar-refractivity contribution in [3.05, 3.63) is 12.2 Å². The molecule has 0 rings (SSSR count). The monoisotopic (exact) mass is 204 g/mol. The zero-order chi connectivity index (χ0) is 10.5. The van der Waals surface area contributed by atoms with E-state index in [1.54, 1.807) is 0 Å². The normalized spacial score (nSPS) is 15.8. The first-order chi connectivity index (χ1) is 5.86. The number of rotatable bonds is 6. The average Bonchev–Trinajstić information content (AvgIpc) is 1.97. The third-order valence-corrected chi connectivity index (χ3v) is 2.64. The van der Waals surface area contributed by atoms with Crippen LogP contribution in [0.4, 0.5) is 0 Å². The van der Waals surface area contributed by atoms with Gasteiger partial charge in [-0.15, -0.1) is 11.6 Å². The predicted molar refractivity (Wildman–Crippen MR) is 60.2 cm³/mol. The molecular weight excluding hydrogens is 184 g/mol. The van der Waals surface area contributed by atoms with Gasteiger partial charge in [-0.25, -0.2) is 0 Å². The van der Waals surface area contributed by atoms with Gasteiger partial charge in [0, 0.05) is 6.54 Å². The van der Waals surface area contributed by atoms with E-state index in [1.165, 1.54) is 0 Å². The Morgan fingerprint density at radius 2 is 2.08 bits per heavy atom. The molecule has 0 aliphatic heterocycles. The maximum Gasteiger partial charge on any atom is 0.0939 e. The molecule has 0 radical (unpaired) electrons. The Balaban J connectivity index is 3.58. The van der Waals surface area contributed by atoms with Crippen LogP contribution in [-0.4, -0.2) is 37.1 Å². The minimum atomic E-state index is -0.248. The Bertz CT molecular complexity index is 164. The molecule has 1 N–H and O–H groups in total. The fraction of sp³-hybridized carbons (Fsp3) is 0.800. The molecule has 0 bridgehead atoms. The molecule has 13 heavy (non-hydrogen) atoms. The van der Waals surface area contributed by atoms with E-state index in [0.29, 0.717) is 0 Å². The van der Waals surface area contributed by atoms with E-state index < -0.39 is 0 Å². The molecule has 0 aromatic carbocycles. The summed E-state index contributed by atoms with van der Waals surface area (Å²) in [7, 11) is 3.98. The summed E-state index contributed by atoms with van der Waals surface area (Å²) in [6.07, 6.45) is 0.925. The highest BCUT2D eigenvalue weighted by Gasteiger charge is 2.22. The van der Waals surface area contributed by atoms with Crippen molar-refractivity contribution in [3.8, 4) is 0 Å². The van der Waals surface area contributed by atoms with Gasteiger partial charge in [0.1, 0.15) is 0 Å². The van der Waals surface area contributed by atoms with Gasteiger partial charge in [-0.3, -0.25) is 4.90 Å². The molecule has 0 saturated heterocycles. The molecule has 0 aromatic heterocycles. The van der Waals surface area contributed by atoms with Gasteiger partial charge in [0.15, 0.2) is 0 Å².